The smallest absolute Gasteiger partial charge is 0.227 e. The zero-order valence-corrected chi connectivity index (χ0v) is 14.6. The largest absolute Gasteiger partial charge is 0.476 e. The molecule has 6 heteroatoms. The third-order valence-corrected chi connectivity index (χ3v) is 5.12. The lowest BCUT2D eigenvalue weighted by atomic mass is 9.96. The van der Waals surface area contributed by atoms with Gasteiger partial charge in [-0.05, 0) is 25.2 Å². The Bertz CT molecular complexity index is 635. The molecule has 0 saturated heterocycles. The van der Waals surface area contributed by atoms with Gasteiger partial charge in [0.1, 0.15) is 5.65 Å². The number of aromatic nitrogens is 3. The summed E-state index contributed by atoms with van der Waals surface area (Å²) in [6.07, 6.45) is 13.3. The molecule has 2 aromatic rings. The molecule has 0 bridgehead atoms. The monoisotopic (exact) mass is 334 g/mol. The fourth-order valence-corrected chi connectivity index (χ4v) is 3.61. The second kappa shape index (κ2) is 7.90. The molecule has 23 heavy (non-hydrogen) atoms. The third-order valence-electron chi connectivity index (χ3n) is 4.55. The third kappa shape index (κ3) is 3.91. The lowest BCUT2D eigenvalue weighted by molar-refractivity contribution is 0.335. The predicted molar refractivity (Wildman–Crippen MR) is 97.2 cm³/mol. The molecule has 0 radical (unpaired) electrons. The summed E-state index contributed by atoms with van der Waals surface area (Å²) in [5.74, 6) is 1.85. The van der Waals surface area contributed by atoms with Gasteiger partial charge in [0.2, 0.25) is 11.8 Å². The number of nitrogens with zero attached hydrogens (tertiary/aromatic N) is 3. The van der Waals surface area contributed by atoms with E-state index in [4.69, 9.17) is 10.5 Å². The van der Waals surface area contributed by atoms with Crippen molar-refractivity contribution in [2.75, 3.05) is 24.3 Å². The minimum absolute atomic E-state index is 0.294. The number of anilines is 1. The maximum atomic E-state index is 5.92. The summed E-state index contributed by atoms with van der Waals surface area (Å²) in [6, 6.07) is 2.59. The molecule has 1 fully saturated rings. The number of nitrogens with two attached hydrogens (primary N) is 1. The van der Waals surface area contributed by atoms with Crippen molar-refractivity contribution in [3.63, 3.8) is 0 Å². The second-order valence-electron chi connectivity index (χ2n) is 6.19. The van der Waals surface area contributed by atoms with Gasteiger partial charge >= 0.3 is 0 Å². The van der Waals surface area contributed by atoms with E-state index in [1.54, 1.807) is 11.8 Å². The van der Waals surface area contributed by atoms with Crippen LogP contribution in [0.3, 0.4) is 0 Å². The number of hydrogen-bond acceptors (Lipinski definition) is 5. The fraction of sp³-hybridized carbons (Fsp3) is 0.647. The SMILES string of the molecule is CSCCOc1nc(N)nc2c1ccn2C1CCCCCCC1. The van der Waals surface area contributed by atoms with E-state index in [1.165, 1.54) is 44.9 Å². The van der Waals surface area contributed by atoms with E-state index in [-0.39, 0.29) is 0 Å². The summed E-state index contributed by atoms with van der Waals surface area (Å²) in [4.78, 5) is 8.79. The Morgan fingerprint density at radius 3 is 2.70 bits per heavy atom. The summed E-state index contributed by atoms with van der Waals surface area (Å²) in [5.41, 5.74) is 6.84. The molecule has 0 aliphatic heterocycles. The van der Waals surface area contributed by atoms with Crippen molar-refractivity contribution >= 4 is 28.7 Å². The van der Waals surface area contributed by atoms with Gasteiger partial charge in [-0.15, -0.1) is 0 Å². The van der Waals surface area contributed by atoms with Crippen molar-refractivity contribution < 1.29 is 4.74 Å². The van der Waals surface area contributed by atoms with Gasteiger partial charge < -0.3 is 15.0 Å². The normalized spacial score (nSPS) is 17.1. The van der Waals surface area contributed by atoms with Crippen LogP contribution in [0.15, 0.2) is 12.3 Å². The van der Waals surface area contributed by atoms with Crippen molar-refractivity contribution in [3.8, 4) is 5.88 Å². The van der Waals surface area contributed by atoms with E-state index in [1.807, 2.05) is 0 Å². The highest BCUT2D eigenvalue weighted by Crippen LogP contribution is 2.32. The maximum absolute atomic E-state index is 5.92. The Kier molecular flexibility index (Phi) is 5.65. The van der Waals surface area contributed by atoms with Crippen LogP contribution < -0.4 is 10.5 Å². The highest BCUT2D eigenvalue weighted by Gasteiger charge is 2.18. The maximum Gasteiger partial charge on any atom is 0.227 e. The average molecular weight is 334 g/mol. The first-order valence-corrected chi connectivity index (χ1v) is 9.95. The molecule has 0 atom stereocenters. The van der Waals surface area contributed by atoms with Gasteiger partial charge in [-0.2, -0.15) is 21.7 Å². The molecular weight excluding hydrogens is 308 g/mol. The highest BCUT2D eigenvalue weighted by molar-refractivity contribution is 7.98. The molecule has 0 amide bonds. The van der Waals surface area contributed by atoms with Gasteiger partial charge in [-0.1, -0.05) is 32.1 Å². The van der Waals surface area contributed by atoms with E-state index in [0.717, 1.165) is 16.8 Å². The molecule has 5 nitrogen and oxygen atoms in total. The number of thioether (sulfide) groups is 1. The van der Waals surface area contributed by atoms with E-state index < -0.39 is 0 Å². The van der Waals surface area contributed by atoms with Crippen LogP contribution in [-0.2, 0) is 0 Å². The zero-order chi connectivity index (χ0) is 16.1. The van der Waals surface area contributed by atoms with Crippen LogP contribution in [0.1, 0.15) is 51.0 Å². The Morgan fingerprint density at radius 1 is 1.22 bits per heavy atom. The number of fused-ring (bicyclic) bond motifs is 1. The summed E-state index contributed by atoms with van der Waals surface area (Å²) < 4.78 is 8.11. The summed E-state index contributed by atoms with van der Waals surface area (Å²) in [7, 11) is 0. The zero-order valence-electron chi connectivity index (χ0n) is 13.8. The van der Waals surface area contributed by atoms with Crippen LogP contribution >= 0.6 is 11.8 Å². The van der Waals surface area contributed by atoms with Gasteiger partial charge in [-0.3, -0.25) is 0 Å². The van der Waals surface area contributed by atoms with Crippen molar-refractivity contribution in [2.45, 2.75) is 51.0 Å². The molecule has 2 aromatic heterocycles. The van der Waals surface area contributed by atoms with Gasteiger partial charge in [0.15, 0.2) is 0 Å². The van der Waals surface area contributed by atoms with Crippen LogP contribution in [0, 0.1) is 0 Å². The fourth-order valence-electron chi connectivity index (χ4n) is 3.36. The molecule has 0 spiro atoms. The Hall–Kier alpha value is -1.43. The average Bonchev–Trinajstić information content (AvgIpc) is 2.91. The van der Waals surface area contributed by atoms with Crippen molar-refractivity contribution in [2.24, 2.45) is 0 Å². The van der Waals surface area contributed by atoms with E-state index >= 15 is 0 Å². The molecule has 3 rings (SSSR count). The standard InChI is InChI=1S/C17H26N4OS/c1-23-12-11-22-16-14-9-10-21(15(14)19-17(18)20-16)13-7-5-3-2-4-6-8-13/h9-10,13H,2-8,11-12H2,1H3,(H2,18,19,20). The molecule has 1 aliphatic rings. The first kappa shape index (κ1) is 16.4. The Morgan fingerprint density at radius 2 is 1.96 bits per heavy atom. The number of nitrogen functional groups attached to an aromatic ring is 1. The quantitative estimate of drug-likeness (QED) is 0.836. The lowest BCUT2D eigenvalue weighted by Crippen LogP contribution is -2.11. The Balaban J connectivity index is 1.89. The number of ether oxygens (including phenoxy) is 1. The minimum atomic E-state index is 0.294. The summed E-state index contributed by atoms with van der Waals surface area (Å²) in [6.45, 7) is 0.640. The van der Waals surface area contributed by atoms with Gasteiger partial charge in [-0.25, -0.2) is 0 Å². The summed E-state index contributed by atoms with van der Waals surface area (Å²) in [5, 5.41) is 0.974. The molecule has 126 valence electrons. The Labute approximate surface area is 142 Å². The molecule has 2 N–H and O–H groups in total. The van der Waals surface area contributed by atoms with Gasteiger partial charge in [0, 0.05) is 18.0 Å². The van der Waals surface area contributed by atoms with Crippen LogP contribution in [0.25, 0.3) is 11.0 Å². The molecule has 0 aromatic carbocycles. The molecule has 1 saturated carbocycles. The van der Waals surface area contributed by atoms with Crippen molar-refractivity contribution in [1.29, 1.82) is 0 Å². The molecular formula is C17H26N4OS. The molecule has 0 unspecified atom stereocenters. The van der Waals surface area contributed by atoms with Crippen LogP contribution in [0.4, 0.5) is 5.95 Å². The van der Waals surface area contributed by atoms with Crippen molar-refractivity contribution in [1.82, 2.24) is 14.5 Å². The summed E-state index contributed by atoms with van der Waals surface area (Å²) >= 11 is 1.76. The van der Waals surface area contributed by atoms with E-state index in [2.05, 4.69) is 33.1 Å². The minimum Gasteiger partial charge on any atom is -0.476 e. The number of hydrogen-bond donors (Lipinski definition) is 1. The van der Waals surface area contributed by atoms with Crippen LogP contribution in [0.5, 0.6) is 5.88 Å². The lowest BCUT2D eigenvalue weighted by Gasteiger charge is -2.22. The first-order chi connectivity index (χ1) is 11.3. The van der Waals surface area contributed by atoms with E-state index in [9.17, 15) is 0 Å². The molecule has 2 heterocycles. The van der Waals surface area contributed by atoms with Crippen LogP contribution in [0.2, 0.25) is 0 Å². The highest BCUT2D eigenvalue weighted by atomic mass is 32.2. The molecule has 1 aliphatic carbocycles. The van der Waals surface area contributed by atoms with Gasteiger partial charge in [0.25, 0.3) is 0 Å². The van der Waals surface area contributed by atoms with E-state index in [0.29, 0.717) is 24.5 Å². The predicted octanol–water partition coefficient (Wildman–Crippen LogP) is 4.04. The van der Waals surface area contributed by atoms with Crippen LogP contribution in [-0.4, -0.2) is 33.2 Å². The topological polar surface area (TPSA) is 66.0 Å². The second-order valence-corrected chi connectivity index (χ2v) is 7.17. The van der Waals surface area contributed by atoms with Crippen molar-refractivity contribution in [3.05, 3.63) is 12.3 Å². The number of rotatable bonds is 5. The first-order valence-electron chi connectivity index (χ1n) is 8.55. The van der Waals surface area contributed by atoms with Gasteiger partial charge in [0.05, 0.1) is 12.0 Å².